The Morgan fingerprint density at radius 3 is 2.46 bits per heavy atom. The van der Waals surface area contributed by atoms with Gasteiger partial charge in [-0.15, -0.1) is 0 Å². The van der Waals surface area contributed by atoms with Crippen LogP contribution in [0.5, 0.6) is 0 Å². The predicted molar refractivity (Wildman–Crippen MR) is 102 cm³/mol. The Kier molecular flexibility index (Phi) is 4.90. The topological polar surface area (TPSA) is 93.9 Å². The van der Waals surface area contributed by atoms with E-state index in [2.05, 4.69) is 20.5 Å². The zero-order chi connectivity index (χ0) is 18.5. The summed E-state index contributed by atoms with van der Waals surface area (Å²) in [5.41, 5.74) is 6.42. The zero-order valence-electron chi connectivity index (χ0n) is 14.4. The molecule has 0 bridgehead atoms. The second-order valence-corrected chi connectivity index (χ2v) is 5.79. The molecule has 0 unspecified atom stereocenters. The summed E-state index contributed by atoms with van der Waals surface area (Å²) >= 11 is 0. The number of hydrazone groups is 1. The van der Waals surface area contributed by atoms with Crippen molar-refractivity contribution >= 4 is 12.2 Å². The average Bonchev–Trinajstić information content (AvgIpc) is 2.64. The zero-order valence-corrected chi connectivity index (χ0v) is 14.4. The highest BCUT2D eigenvalue weighted by atomic mass is 16.1. The summed E-state index contributed by atoms with van der Waals surface area (Å²) in [6, 6.07) is 17.0. The molecule has 0 aliphatic carbocycles. The maximum atomic E-state index is 12.2. The lowest BCUT2D eigenvalue weighted by Crippen LogP contribution is -2.16. The first-order valence-electron chi connectivity index (χ1n) is 8.05. The minimum atomic E-state index is -0.508. The smallest absolute Gasteiger partial charge is 0.270 e. The number of aromatic amines is 1. The molecule has 0 fully saturated rings. The van der Waals surface area contributed by atoms with Crippen LogP contribution in [0.25, 0.3) is 11.3 Å². The largest absolute Gasteiger partial charge is 0.290 e. The van der Waals surface area contributed by atoms with Crippen LogP contribution in [0.4, 0.5) is 5.95 Å². The fourth-order valence-corrected chi connectivity index (χ4v) is 2.62. The number of nitrogens with one attached hydrogen (secondary N) is 2. The first-order valence-corrected chi connectivity index (χ1v) is 8.05. The van der Waals surface area contributed by atoms with Crippen LogP contribution in [0.3, 0.4) is 0 Å². The Morgan fingerprint density at radius 2 is 1.81 bits per heavy atom. The number of nitriles is 1. The van der Waals surface area contributed by atoms with Crippen molar-refractivity contribution in [3.63, 3.8) is 0 Å². The lowest BCUT2D eigenvalue weighted by Gasteiger charge is -2.07. The van der Waals surface area contributed by atoms with Crippen LogP contribution in [-0.4, -0.2) is 16.2 Å². The van der Waals surface area contributed by atoms with Crippen molar-refractivity contribution in [1.29, 1.82) is 5.26 Å². The molecule has 0 saturated heterocycles. The average molecular weight is 343 g/mol. The third-order valence-electron chi connectivity index (χ3n) is 3.98. The van der Waals surface area contributed by atoms with Crippen LogP contribution in [0.2, 0.25) is 0 Å². The molecule has 26 heavy (non-hydrogen) atoms. The van der Waals surface area contributed by atoms with Crippen LogP contribution in [-0.2, 0) is 0 Å². The van der Waals surface area contributed by atoms with E-state index in [-0.39, 0.29) is 11.5 Å². The summed E-state index contributed by atoms with van der Waals surface area (Å²) in [5, 5.41) is 13.5. The Morgan fingerprint density at radius 1 is 1.12 bits per heavy atom. The van der Waals surface area contributed by atoms with Gasteiger partial charge in [0.2, 0.25) is 5.95 Å². The molecule has 128 valence electrons. The number of hydrogen-bond acceptors (Lipinski definition) is 5. The van der Waals surface area contributed by atoms with Crippen molar-refractivity contribution in [3.05, 3.63) is 81.1 Å². The van der Waals surface area contributed by atoms with E-state index in [0.717, 1.165) is 16.7 Å². The second-order valence-electron chi connectivity index (χ2n) is 5.79. The molecule has 3 aromatic rings. The fraction of sp³-hybridized carbons (Fsp3) is 0.100. The van der Waals surface area contributed by atoms with Crippen LogP contribution >= 0.6 is 0 Å². The minimum absolute atomic E-state index is 0.0273. The Balaban J connectivity index is 1.95. The van der Waals surface area contributed by atoms with Gasteiger partial charge in [0.05, 0.1) is 11.9 Å². The summed E-state index contributed by atoms with van der Waals surface area (Å²) in [6.07, 6.45) is 1.69. The van der Waals surface area contributed by atoms with Gasteiger partial charge in [-0.1, -0.05) is 48.5 Å². The summed E-state index contributed by atoms with van der Waals surface area (Å²) in [7, 11) is 0. The number of benzene rings is 2. The van der Waals surface area contributed by atoms with Crippen LogP contribution < -0.4 is 11.0 Å². The molecular formula is C20H17N5O. The number of rotatable bonds is 4. The molecule has 0 atom stereocenters. The molecule has 0 amide bonds. The normalized spacial score (nSPS) is 10.7. The van der Waals surface area contributed by atoms with Crippen molar-refractivity contribution in [2.45, 2.75) is 13.8 Å². The molecule has 0 radical (unpaired) electrons. The van der Waals surface area contributed by atoms with Crippen molar-refractivity contribution in [1.82, 2.24) is 9.97 Å². The van der Waals surface area contributed by atoms with Crippen LogP contribution in [0.1, 0.15) is 22.3 Å². The third kappa shape index (κ3) is 3.52. The molecule has 2 N–H and O–H groups in total. The van der Waals surface area contributed by atoms with Crippen molar-refractivity contribution < 1.29 is 0 Å². The highest BCUT2D eigenvalue weighted by molar-refractivity contribution is 5.84. The van der Waals surface area contributed by atoms with E-state index in [9.17, 15) is 10.1 Å². The summed E-state index contributed by atoms with van der Waals surface area (Å²) < 4.78 is 0. The van der Waals surface area contributed by atoms with E-state index in [0.29, 0.717) is 11.3 Å². The standard InChI is InChI=1S/C20H17N5O/c1-13-7-6-8-14(2)17(13)12-22-25-20-23-18(15-9-4-3-5-10-15)16(11-21)19(26)24-20/h3-10,12H,1-2H3,(H2,23,24,25,26). The SMILES string of the molecule is Cc1cccc(C)c1C=NNc1nc(-c2ccccc2)c(C#N)c(=O)[nH]1. The molecule has 3 rings (SSSR count). The van der Waals surface area contributed by atoms with Crippen molar-refractivity contribution in [2.24, 2.45) is 5.10 Å². The summed E-state index contributed by atoms with van der Waals surface area (Å²) in [5.74, 6) is 0.176. The second kappa shape index (κ2) is 7.45. The fourth-order valence-electron chi connectivity index (χ4n) is 2.62. The van der Waals surface area contributed by atoms with Gasteiger partial charge in [-0.25, -0.2) is 10.4 Å². The monoisotopic (exact) mass is 343 g/mol. The highest BCUT2D eigenvalue weighted by Gasteiger charge is 2.12. The van der Waals surface area contributed by atoms with Gasteiger partial charge in [0.15, 0.2) is 0 Å². The lowest BCUT2D eigenvalue weighted by atomic mass is 10.0. The lowest BCUT2D eigenvalue weighted by molar-refractivity contribution is 1.08. The molecule has 0 saturated carbocycles. The van der Waals surface area contributed by atoms with E-state index in [1.165, 1.54) is 0 Å². The molecule has 0 spiro atoms. The summed E-state index contributed by atoms with van der Waals surface area (Å²) in [6.45, 7) is 4.01. The molecule has 1 heterocycles. The van der Waals surface area contributed by atoms with E-state index in [1.807, 2.05) is 56.3 Å². The first-order chi connectivity index (χ1) is 12.6. The van der Waals surface area contributed by atoms with Crippen molar-refractivity contribution in [3.8, 4) is 17.3 Å². The van der Waals surface area contributed by atoms with Gasteiger partial charge >= 0.3 is 0 Å². The molecule has 1 aromatic heterocycles. The van der Waals surface area contributed by atoms with Gasteiger partial charge in [0, 0.05) is 11.1 Å². The molecule has 2 aromatic carbocycles. The number of aryl methyl sites for hydroxylation is 2. The third-order valence-corrected chi connectivity index (χ3v) is 3.98. The molecule has 6 nitrogen and oxygen atoms in total. The number of nitrogens with zero attached hydrogens (tertiary/aromatic N) is 3. The number of H-pyrrole nitrogens is 1. The Hall–Kier alpha value is -3.72. The van der Waals surface area contributed by atoms with E-state index in [1.54, 1.807) is 18.3 Å². The van der Waals surface area contributed by atoms with Crippen molar-refractivity contribution in [2.75, 3.05) is 5.43 Å². The van der Waals surface area contributed by atoms with E-state index < -0.39 is 5.56 Å². The maximum absolute atomic E-state index is 12.2. The number of aromatic nitrogens is 2. The molecular weight excluding hydrogens is 326 g/mol. The van der Waals surface area contributed by atoms with Crippen LogP contribution in [0, 0.1) is 25.2 Å². The van der Waals surface area contributed by atoms with E-state index in [4.69, 9.17) is 0 Å². The number of hydrogen-bond donors (Lipinski definition) is 2. The van der Waals surface area contributed by atoms with Gasteiger partial charge in [0.1, 0.15) is 11.6 Å². The minimum Gasteiger partial charge on any atom is -0.290 e. The first kappa shape index (κ1) is 17.1. The van der Waals surface area contributed by atoms with Gasteiger partial charge in [-0.05, 0) is 25.0 Å². The Labute approximate surface area is 150 Å². The summed E-state index contributed by atoms with van der Waals surface area (Å²) in [4.78, 5) is 19.1. The molecule has 0 aliphatic rings. The quantitative estimate of drug-likeness (QED) is 0.561. The number of anilines is 1. The molecule has 6 heteroatoms. The van der Waals surface area contributed by atoms with Gasteiger partial charge in [0.25, 0.3) is 5.56 Å². The maximum Gasteiger partial charge on any atom is 0.270 e. The van der Waals surface area contributed by atoms with Gasteiger partial charge < -0.3 is 0 Å². The van der Waals surface area contributed by atoms with E-state index >= 15 is 0 Å². The molecule has 0 aliphatic heterocycles. The van der Waals surface area contributed by atoms with Gasteiger partial charge in [-0.3, -0.25) is 9.78 Å². The van der Waals surface area contributed by atoms with Gasteiger partial charge in [-0.2, -0.15) is 10.4 Å². The van der Waals surface area contributed by atoms with Crippen LogP contribution in [0.15, 0.2) is 58.4 Å². The predicted octanol–water partition coefficient (Wildman–Crippen LogP) is 3.37. The highest BCUT2D eigenvalue weighted by Crippen LogP contribution is 2.19. The Bertz CT molecular complexity index is 1040.